The van der Waals surface area contributed by atoms with Crippen LogP contribution in [0.3, 0.4) is 0 Å². The summed E-state index contributed by atoms with van der Waals surface area (Å²) in [5.74, 6) is 1.94. The van der Waals surface area contributed by atoms with E-state index in [1.54, 1.807) is 7.05 Å². The van der Waals surface area contributed by atoms with Crippen molar-refractivity contribution in [2.24, 2.45) is 29.6 Å². The summed E-state index contributed by atoms with van der Waals surface area (Å²) in [6, 6.07) is 0. The number of amides is 1. The van der Waals surface area contributed by atoms with Gasteiger partial charge >= 0.3 is 0 Å². The summed E-state index contributed by atoms with van der Waals surface area (Å²) in [6.45, 7) is 6.68. The molecule has 1 fully saturated rings. The molecule has 3 heteroatoms. The van der Waals surface area contributed by atoms with Crippen LogP contribution in [-0.4, -0.2) is 24.7 Å². The lowest BCUT2D eigenvalue weighted by atomic mass is 9.65. The third kappa shape index (κ3) is 3.44. The molecule has 0 radical (unpaired) electrons. The normalized spacial score (nSPS) is 31.3. The number of rotatable bonds is 4. The van der Waals surface area contributed by atoms with Crippen molar-refractivity contribution in [3.05, 3.63) is 0 Å². The van der Waals surface area contributed by atoms with Crippen molar-refractivity contribution in [1.82, 2.24) is 5.32 Å². The zero-order valence-corrected chi connectivity index (χ0v) is 11.6. The van der Waals surface area contributed by atoms with Gasteiger partial charge in [0.1, 0.15) is 0 Å². The Bertz CT molecular complexity index is 253. The first-order valence-electron chi connectivity index (χ1n) is 6.83. The van der Waals surface area contributed by atoms with Crippen molar-refractivity contribution in [1.29, 1.82) is 0 Å². The van der Waals surface area contributed by atoms with Gasteiger partial charge in [-0.05, 0) is 36.5 Å². The number of carbonyl (C=O) groups is 1. The van der Waals surface area contributed by atoms with E-state index in [4.69, 9.17) is 0 Å². The summed E-state index contributed by atoms with van der Waals surface area (Å²) in [5.41, 5.74) is 0. The Kier molecular flexibility index (Phi) is 5.44. The zero-order chi connectivity index (χ0) is 13.0. The van der Waals surface area contributed by atoms with E-state index in [0.29, 0.717) is 23.7 Å². The van der Waals surface area contributed by atoms with Crippen LogP contribution in [0.1, 0.15) is 40.0 Å². The largest absolute Gasteiger partial charge is 0.396 e. The van der Waals surface area contributed by atoms with Crippen molar-refractivity contribution in [3.8, 4) is 0 Å². The quantitative estimate of drug-likeness (QED) is 0.791. The average molecular weight is 241 g/mol. The number of nitrogens with one attached hydrogen (secondary N) is 1. The summed E-state index contributed by atoms with van der Waals surface area (Å²) in [4.78, 5) is 11.8. The second-order valence-corrected chi connectivity index (χ2v) is 5.89. The third-order valence-electron chi connectivity index (χ3n) is 4.37. The average Bonchev–Trinajstić information content (AvgIpc) is 2.29. The second kappa shape index (κ2) is 6.39. The maximum absolute atomic E-state index is 11.8. The SMILES string of the molecule is CNC(=O)C(CO)C1CC(C)CCC1C(C)C. The van der Waals surface area contributed by atoms with Crippen molar-refractivity contribution in [2.75, 3.05) is 13.7 Å². The predicted octanol–water partition coefficient (Wildman–Crippen LogP) is 2.05. The Morgan fingerprint density at radius 2 is 2.00 bits per heavy atom. The van der Waals surface area contributed by atoms with Crippen molar-refractivity contribution in [2.45, 2.75) is 40.0 Å². The fourth-order valence-electron chi connectivity index (χ4n) is 3.34. The van der Waals surface area contributed by atoms with Crippen LogP contribution in [0.25, 0.3) is 0 Å². The molecule has 2 N–H and O–H groups in total. The summed E-state index contributed by atoms with van der Waals surface area (Å²) in [6.07, 6.45) is 3.52. The standard InChI is InChI=1S/C14H27NO2/c1-9(2)11-6-5-10(3)7-12(11)13(8-16)14(17)15-4/h9-13,16H,5-8H2,1-4H3,(H,15,17). The van der Waals surface area contributed by atoms with Crippen LogP contribution in [0.15, 0.2) is 0 Å². The van der Waals surface area contributed by atoms with Crippen LogP contribution in [0.5, 0.6) is 0 Å². The maximum Gasteiger partial charge on any atom is 0.225 e. The van der Waals surface area contributed by atoms with E-state index in [1.165, 1.54) is 12.8 Å². The molecule has 0 saturated heterocycles. The van der Waals surface area contributed by atoms with E-state index >= 15 is 0 Å². The highest BCUT2D eigenvalue weighted by atomic mass is 16.3. The van der Waals surface area contributed by atoms with Gasteiger partial charge in [-0.15, -0.1) is 0 Å². The summed E-state index contributed by atoms with van der Waals surface area (Å²) in [5, 5.41) is 12.2. The molecule has 1 aliphatic rings. The minimum absolute atomic E-state index is 0.00255. The first kappa shape index (κ1) is 14.5. The lowest BCUT2D eigenvalue weighted by Crippen LogP contribution is -2.42. The van der Waals surface area contributed by atoms with Crippen molar-refractivity contribution in [3.63, 3.8) is 0 Å². The molecule has 4 unspecified atom stereocenters. The molecule has 1 rings (SSSR count). The van der Waals surface area contributed by atoms with E-state index in [0.717, 1.165) is 6.42 Å². The van der Waals surface area contributed by atoms with Gasteiger partial charge in [-0.3, -0.25) is 4.79 Å². The Morgan fingerprint density at radius 3 is 2.47 bits per heavy atom. The highest BCUT2D eigenvalue weighted by molar-refractivity contribution is 5.78. The van der Waals surface area contributed by atoms with Crippen molar-refractivity contribution < 1.29 is 9.90 Å². The molecule has 0 aromatic rings. The molecule has 0 spiro atoms. The van der Waals surface area contributed by atoms with Crippen LogP contribution >= 0.6 is 0 Å². The lowest BCUT2D eigenvalue weighted by molar-refractivity contribution is -0.130. The van der Waals surface area contributed by atoms with Gasteiger partial charge in [0.25, 0.3) is 0 Å². The third-order valence-corrected chi connectivity index (χ3v) is 4.37. The minimum Gasteiger partial charge on any atom is -0.396 e. The molecular formula is C14H27NO2. The fraction of sp³-hybridized carbons (Fsp3) is 0.929. The minimum atomic E-state index is -0.227. The van der Waals surface area contributed by atoms with Crippen LogP contribution in [0, 0.1) is 29.6 Å². The van der Waals surface area contributed by atoms with E-state index in [9.17, 15) is 9.90 Å². The highest BCUT2D eigenvalue weighted by Crippen LogP contribution is 2.41. The van der Waals surface area contributed by atoms with Crippen LogP contribution in [-0.2, 0) is 4.79 Å². The summed E-state index contributed by atoms with van der Waals surface area (Å²) < 4.78 is 0. The van der Waals surface area contributed by atoms with Gasteiger partial charge in [-0.2, -0.15) is 0 Å². The monoisotopic (exact) mass is 241 g/mol. The molecule has 0 heterocycles. The van der Waals surface area contributed by atoms with E-state index < -0.39 is 0 Å². The molecule has 4 atom stereocenters. The predicted molar refractivity (Wildman–Crippen MR) is 69.5 cm³/mol. The fourth-order valence-corrected chi connectivity index (χ4v) is 3.34. The van der Waals surface area contributed by atoms with Gasteiger partial charge in [0, 0.05) is 7.05 Å². The molecule has 17 heavy (non-hydrogen) atoms. The Labute approximate surface area is 105 Å². The summed E-state index contributed by atoms with van der Waals surface area (Å²) in [7, 11) is 1.65. The number of aliphatic hydroxyl groups excluding tert-OH is 1. The van der Waals surface area contributed by atoms with Gasteiger partial charge in [-0.25, -0.2) is 0 Å². The molecule has 0 bridgehead atoms. The number of aliphatic hydroxyl groups is 1. The maximum atomic E-state index is 11.8. The number of hydrogen-bond donors (Lipinski definition) is 2. The van der Waals surface area contributed by atoms with Gasteiger partial charge in [0.15, 0.2) is 0 Å². The van der Waals surface area contributed by atoms with E-state index in [2.05, 4.69) is 26.1 Å². The first-order chi connectivity index (χ1) is 8.01. The smallest absolute Gasteiger partial charge is 0.225 e. The number of carbonyl (C=O) groups excluding carboxylic acids is 1. The van der Waals surface area contributed by atoms with Gasteiger partial charge in [-0.1, -0.05) is 27.2 Å². The van der Waals surface area contributed by atoms with Crippen molar-refractivity contribution >= 4 is 5.91 Å². The molecule has 0 aliphatic heterocycles. The van der Waals surface area contributed by atoms with Crippen LogP contribution in [0.4, 0.5) is 0 Å². The molecule has 3 nitrogen and oxygen atoms in total. The molecule has 100 valence electrons. The van der Waals surface area contributed by atoms with Crippen LogP contribution < -0.4 is 5.32 Å². The summed E-state index contributed by atoms with van der Waals surface area (Å²) >= 11 is 0. The van der Waals surface area contributed by atoms with Crippen LogP contribution in [0.2, 0.25) is 0 Å². The number of hydrogen-bond acceptors (Lipinski definition) is 2. The van der Waals surface area contributed by atoms with Gasteiger partial charge in [0.05, 0.1) is 12.5 Å². The molecule has 1 aliphatic carbocycles. The molecule has 0 aromatic carbocycles. The highest BCUT2D eigenvalue weighted by Gasteiger charge is 2.38. The molecule has 1 saturated carbocycles. The molecule has 1 amide bonds. The Morgan fingerprint density at radius 1 is 1.35 bits per heavy atom. The zero-order valence-electron chi connectivity index (χ0n) is 11.6. The van der Waals surface area contributed by atoms with E-state index in [1.807, 2.05) is 0 Å². The Balaban J connectivity index is 2.83. The van der Waals surface area contributed by atoms with Gasteiger partial charge in [0.2, 0.25) is 5.91 Å². The second-order valence-electron chi connectivity index (χ2n) is 5.89. The Hall–Kier alpha value is -0.570. The molecule has 0 aromatic heterocycles. The lowest BCUT2D eigenvalue weighted by Gasteiger charge is -2.40. The molecular weight excluding hydrogens is 214 g/mol. The van der Waals surface area contributed by atoms with Gasteiger partial charge < -0.3 is 10.4 Å². The first-order valence-corrected chi connectivity index (χ1v) is 6.83. The van der Waals surface area contributed by atoms with E-state index in [-0.39, 0.29) is 18.4 Å². The topological polar surface area (TPSA) is 49.3 Å².